The van der Waals surface area contributed by atoms with Gasteiger partial charge >= 0.3 is 6.03 Å². The summed E-state index contributed by atoms with van der Waals surface area (Å²) in [7, 11) is 0. The lowest BCUT2D eigenvalue weighted by Crippen LogP contribution is -2.44. The molecule has 2 N–H and O–H groups in total. The highest BCUT2D eigenvalue weighted by Crippen LogP contribution is 2.48. The average molecular weight is 298 g/mol. The van der Waals surface area contributed by atoms with Gasteiger partial charge in [-0.25, -0.2) is 13.6 Å². The van der Waals surface area contributed by atoms with Gasteiger partial charge in [0.25, 0.3) is 0 Å². The molecule has 0 aromatic heterocycles. The molecule has 6 heteroatoms. The molecule has 0 unspecified atom stereocenters. The number of amides is 2. The number of aliphatic hydroxyl groups is 1. The van der Waals surface area contributed by atoms with E-state index in [1.807, 2.05) is 6.92 Å². The fourth-order valence-electron chi connectivity index (χ4n) is 2.49. The minimum absolute atomic E-state index is 0.0982. The predicted molar refractivity (Wildman–Crippen MR) is 75.0 cm³/mol. The van der Waals surface area contributed by atoms with Crippen LogP contribution in [0.3, 0.4) is 0 Å². The Bertz CT molecular complexity index is 518. The van der Waals surface area contributed by atoms with Crippen molar-refractivity contribution >= 4 is 6.03 Å². The van der Waals surface area contributed by atoms with Crippen molar-refractivity contribution in [3.05, 3.63) is 35.4 Å². The maximum atomic E-state index is 13.9. The van der Waals surface area contributed by atoms with Crippen LogP contribution >= 0.6 is 0 Å². The maximum absolute atomic E-state index is 13.9. The molecule has 0 radical (unpaired) electrons. The number of nitrogens with one attached hydrogen (secondary N) is 1. The third-order valence-electron chi connectivity index (χ3n) is 3.97. The largest absolute Gasteiger partial charge is 0.395 e. The molecule has 2 rings (SSSR count). The molecule has 1 aliphatic rings. The summed E-state index contributed by atoms with van der Waals surface area (Å²) in [5, 5.41) is 11.7. The topological polar surface area (TPSA) is 52.6 Å². The van der Waals surface area contributed by atoms with E-state index < -0.39 is 17.0 Å². The van der Waals surface area contributed by atoms with E-state index in [1.54, 1.807) is 0 Å². The van der Waals surface area contributed by atoms with E-state index in [4.69, 9.17) is 5.11 Å². The molecule has 4 nitrogen and oxygen atoms in total. The van der Waals surface area contributed by atoms with Crippen molar-refractivity contribution in [1.82, 2.24) is 10.2 Å². The molecule has 1 aromatic rings. The normalized spacial score (nSPS) is 15.6. The lowest BCUT2D eigenvalue weighted by Gasteiger charge is -2.23. The predicted octanol–water partition coefficient (Wildman–Crippen LogP) is 2.02. The maximum Gasteiger partial charge on any atom is 0.317 e. The Balaban J connectivity index is 2.00. The summed E-state index contributed by atoms with van der Waals surface area (Å²) in [5.74, 6) is -1.17. The molecule has 0 aliphatic heterocycles. The first-order valence-electron chi connectivity index (χ1n) is 7.11. The first-order valence-corrected chi connectivity index (χ1v) is 7.11. The Morgan fingerprint density at radius 3 is 2.67 bits per heavy atom. The lowest BCUT2D eigenvalue weighted by molar-refractivity contribution is 0.179. The molecule has 0 saturated heterocycles. The summed E-state index contributed by atoms with van der Waals surface area (Å²) < 4.78 is 26.8. The molecule has 21 heavy (non-hydrogen) atoms. The van der Waals surface area contributed by atoms with Crippen molar-refractivity contribution in [2.24, 2.45) is 0 Å². The number of rotatable bonds is 6. The molecule has 1 aliphatic carbocycles. The summed E-state index contributed by atoms with van der Waals surface area (Å²) in [6.45, 7) is 2.79. The molecular weight excluding hydrogens is 278 g/mol. The third-order valence-corrected chi connectivity index (χ3v) is 3.97. The van der Waals surface area contributed by atoms with Crippen LogP contribution < -0.4 is 5.32 Å². The molecule has 0 bridgehead atoms. The fourth-order valence-corrected chi connectivity index (χ4v) is 2.49. The zero-order valence-corrected chi connectivity index (χ0v) is 12.0. The van der Waals surface area contributed by atoms with Gasteiger partial charge in [0.2, 0.25) is 0 Å². The number of halogens is 2. The van der Waals surface area contributed by atoms with Crippen LogP contribution in [0.1, 0.15) is 25.3 Å². The van der Waals surface area contributed by atoms with Gasteiger partial charge in [0.1, 0.15) is 11.6 Å². The molecule has 0 heterocycles. The van der Waals surface area contributed by atoms with Crippen molar-refractivity contribution in [3.63, 3.8) is 0 Å². The van der Waals surface area contributed by atoms with Crippen LogP contribution in [0.4, 0.5) is 13.6 Å². The monoisotopic (exact) mass is 298 g/mol. The van der Waals surface area contributed by atoms with Crippen molar-refractivity contribution in [3.8, 4) is 0 Å². The van der Waals surface area contributed by atoms with Gasteiger partial charge in [-0.3, -0.25) is 0 Å². The number of urea groups is 1. The van der Waals surface area contributed by atoms with Gasteiger partial charge in [0.15, 0.2) is 0 Å². The first kappa shape index (κ1) is 15.7. The number of carbonyl (C=O) groups excluding carboxylic acids is 1. The van der Waals surface area contributed by atoms with E-state index in [1.165, 1.54) is 17.0 Å². The Morgan fingerprint density at radius 2 is 2.14 bits per heavy atom. The lowest BCUT2D eigenvalue weighted by atomic mass is 9.95. The summed E-state index contributed by atoms with van der Waals surface area (Å²) in [6, 6.07) is 3.29. The van der Waals surface area contributed by atoms with Gasteiger partial charge in [-0.1, -0.05) is 6.07 Å². The average Bonchev–Trinajstić information content (AvgIpc) is 3.23. The zero-order chi connectivity index (χ0) is 15.5. The number of carbonyl (C=O) groups is 1. The van der Waals surface area contributed by atoms with E-state index in [-0.39, 0.29) is 19.2 Å². The first-order chi connectivity index (χ1) is 10.0. The summed E-state index contributed by atoms with van der Waals surface area (Å²) in [5.41, 5.74) is 0.0286. The van der Waals surface area contributed by atoms with Gasteiger partial charge in [0, 0.05) is 31.1 Å². The zero-order valence-electron chi connectivity index (χ0n) is 12.0. The molecule has 1 aromatic carbocycles. The van der Waals surface area contributed by atoms with Crippen LogP contribution in [0.5, 0.6) is 0 Å². The highest BCUT2D eigenvalue weighted by Gasteiger charge is 2.46. The van der Waals surface area contributed by atoms with Crippen molar-refractivity contribution < 1.29 is 18.7 Å². The van der Waals surface area contributed by atoms with Crippen molar-refractivity contribution in [1.29, 1.82) is 0 Å². The van der Waals surface area contributed by atoms with E-state index in [0.29, 0.717) is 18.7 Å². The second-order valence-corrected chi connectivity index (χ2v) is 5.37. The van der Waals surface area contributed by atoms with Crippen LogP contribution in [0.25, 0.3) is 0 Å². The molecule has 116 valence electrons. The standard InChI is InChI=1S/C15H20F2N2O2/c1-2-19(7-8-20)14(21)18-10-15(5-6-15)12-4-3-11(16)9-13(12)17/h3-4,9,20H,2,5-8,10H2,1H3,(H,18,21). The van der Waals surface area contributed by atoms with Crippen LogP contribution in [0, 0.1) is 11.6 Å². The van der Waals surface area contributed by atoms with E-state index in [0.717, 1.165) is 18.9 Å². The summed E-state index contributed by atoms with van der Waals surface area (Å²) in [4.78, 5) is 13.4. The number of hydrogen-bond donors (Lipinski definition) is 2. The van der Waals surface area contributed by atoms with Gasteiger partial charge in [-0.05, 0) is 31.4 Å². The van der Waals surface area contributed by atoms with Gasteiger partial charge in [-0.15, -0.1) is 0 Å². The number of aliphatic hydroxyl groups excluding tert-OH is 1. The minimum atomic E-state index is -0.601. The minimum Gasteiger partial charge on any atom is -0.395 e. The fraction of sp³-hybridized carbons (Fsp3) is 0.533. The van der Waals surface area contributed by atoms with E-state index >= 15 is 0 Å². The molecule has 1 saturated carbocycles. The van der Waals surface area contributed by atoms with Crippen LogP contribution in [0.2, 0.25) is 0 Å². The summed E-state index contributed by atoms with van der Waals surface area (Å²) in [6.07, 6.45) is 1.53. The molecular formula is C15H20F2N2O2. The molecule has 2 amide bonds. The second-order valence-electron chi connectivity index (χ2n) is 5.37. The van der Waals surface area contributed by atoms with Gasteiger partial charge in [-0.2, -0.15) is 0 Å². The molecule has 1 fully saturated rings. The highest BCUT2D eigenvalue weighted by atomic mass is 19.1. The Kier molecular flexibility index (Phi) is 4.77. The Morgan fingerprint density at radius 1 is 1.43 bits per heavy atom. The van der Waals surface area contributed by atoms with Crippen molar-refractivity contribution in [2.45, 2.75) is 25.2 Å². The van der Waals surface area contributed by atoms with Crippen LogP contribution in [0.15, 0.2) is 18.2 Å². The van der Waals surface area contributed by atoms with Gasteiger partial charge < -0.3 is 15.3 Å². The number of hydrogen-bond acceptors (Lipinski definition) is 2. The van der Waals surface area contributed by atoms with E-state index in [2.05, 4.69) is 5.32 Å². The van der Waals surface area contributed by atoms with Crippen molar-refractivity contribution in [2.75, 3.05) is 26.2 Å². The smallest absolute Gasteiger partial charge is 0.317 e. The molecule has 0 atom stereocenters. The van der Waals surface area contributed by atoms with E-state index in [9.17, 15) is 13.6 Å². The third kappa shape index (κ3) is 3.50. The number of likely N-dealkylation sites (N-methyl/N-ethyl adjacent to an activating group) is 1. The SMILES string of the molecule is CCN(CCO)C(=O)NCC1(c2ccc(F)cc2F)CC1. The Labute approximate surface area is 122 Å². The van der Waals surface area contributed by atoms with Gasteiger partial charge in [0.05, 0.1) is 6.61 Å². The highest BCUT2D eigenvalue weighted by molar-refractivity contribution is 5.74. The Hall–Kier alpha value is -1.69. The summed E-state index contributed by atoms with van der Waals surface area (Å²) >= 11 is 0. The molecule has 0 spiro atoms. The number of nitrogens with zero attached hydrogens (tertiary/aromatic N) is 1. The van der Waals surface area contributed by atoms with Crippen LogP contribution in [-0.2, 0) is 5.41 Å². The second kappa shape index (κ2) is 6.39. The van der Waals surface area contributed by atoms with Crippen LogP contribution in [-0.4, -0.2) is 42.3 Å². The number of benzene rings is 1. The quantitative estimate of drug-likeness (QED) is 0.844.